The molecule has 1 aliphatic carbocycles. The van der Waals surface area contributed by atoms with E-state index in [1.807, 2.05) is 20.8 Å². The molecule has 1 saturated carbocycles. The van der Waals surface area contributed by atoms with Gasteiger partial charge in [0.25, 0.3) is 0 Å². The summed E-state index contributed by atoms with van der Waals surface area (Å²) < 4.78 is 0.618. The third-order valence-corrected chi connectivity index (χ3v) is 4.17. The van der Waals surface area contributed by atoms with Crippen molar-refractivity contribution in [3.05, 3.63) is 0 Å². The van der Waals surface area contributed by atoms with Crippen LogP contribution in [0, 0.1) is 5.41 Å². The topological polar surface area (TPSA) is 29.1 Å². The van der Waals surface area contributed by atoms with Crippen LogP contribution in [0.4, 0.5) is 0 Å². The molecule has 0 aliphatic heterocycles. The molecule has 0 spiro atoms. The lowest BCUT2D eigenvalue weighted by molar-refractivity contribution is -0.129. The Balaban J connectivity index is 2.46. The average Bonchev–Trinajstić information content (AvgIpc) is 2.07. The minimum atomic E-state index is -0.256. The molecule has 0 radical (unpaired) electrons. The van der Waals surface area contributed by atoms with Crippen LogP contribution in [0.5, 0.6) is 0 Å². The number of nitrogens with one attached hydrogen (secondary N) is 1. The summed E-state index contributed by atoms with van der Waals surface area (Å²) in [6.45, 7) is 5.90. The van der Waals surface area contributed by atoms with Gasteiger partial charge in [-0.2, -0.15) is 0 Å². The van der Waals surface area contributed by atoms with E-state index in [1.165, 1.54) is 19.3 Å². The number of hydrogen-bond acceptors (Lipinski definition) is 1. The number of amides is 1. The van der Waals surface area contributed by atoms with Gasteiger partial charge in [-0.3, -0.25) is 4.79 Å². The molecule has 82 valence electrons. The number of carbonyl (C=O) groups is 1. The Bertz CT molecular complexity index is 210. The molecule has 2 nitrogen and oxygen atoms in total. The van der Waals surface area contributed by atoms with Crippen molar-refractivity contribution in [3.63, 3.8) is 0 Å². The van der Waals surface area contributed by atoms with Crippen molar-refractivity contribution in [2.45, 2.75) is 56.4 Å². The maximum atomic E-state index is 11.8. The number of halogens is 1. The fraction of sp³-hybridized carbons (Fsp3) is 0.909. The van der Waals surface area contributed by atoms with Crippen molar-refractivity contribution in [2.75, 3.05) is 0 Å². The second-order valence-electron chi connectivity index (χ2n) is 5.13. The van der Waals surface area contributed by atoms with E-state index in [1.54, 1.807) is 0 Å². The first-order valence-corrected chi connectivity index (χ1v) is 6.61. The van der Waals surface area contributed by atoms with Gasteiger partial charge in [-0.05, 0) is 12.8 Å². The lowest BCUT2D eigenvalue weighted by Crippen LogP contribution is -2.46. The molecule has 0 aromatic carbocycles. The normalized spacial score (nSPS) is 28.6. The van der Waals surface area contributed by atoms with E-state index in [0.717, 1.165) is 6.42 Å². The quantitative estimate of drug-likeness (QED) is 0.586. The summed E-state index contributed by atoms with van der Waals surface area (Å²) >= 11 is 2.47. The van der Waals surface area contributed by atoms with E-state index >= 15 is 0 Å². The molecule has 1 rings (SSSR count). The zero-order valence-electron chi connectivity index (χ0n) is 9.27. The summed E-state index contributed by atoms with van der Waals surface area (Å²) in [7, 11) is 0. The molecule has 0 heterocycles. The number of alkyl halides is 1. The third kappa shape index (κ3) is 3.41. The lowest BCUT2D eigenvalue weighted by Gasteiger charge is -2.30. The predicted octanol–water partition coefficient (Wildman–Crippen LogP) is 2.89. The SMILES string of the molecule is CC(C)(C)C(=O)NC1CCCCC1I. The largest absolute Gasteiger partial charge is 0.352 e. The Morgan fingerprint density at radius 1 is 1.29 bits per heavy atom. The van der Waals surface area contributed by atoms with Crippen molar-refractivity contribution in [1.82, 2.24) is 5.32 Å². The van der Waals surface area contributed by atoms with Crippen LogP contribution >= 0.6 is 22.6 Å². The van der Waals surface area contributed by atoms with Gasteiger partial charge in [0, 0.05) is 15.4 Å². The van der Waals surface area contributed by atoms with E-state index in [0.29, 0.717) is 9.97 Å². The molecular formula is C11H20INO. The second kappa shape index (κ2) is 4.81. The molecule has 1 fully saturated rings. The molecule has 1 amide bonds. The summed E-state index contributed by atoms with van der Waals surface area (Å²) in [5.74, 6) is 0.186. The van der Waals surface area contributed by atoms with Gasteiger partial charge in [0.2, 0.25) is 5.91 Å². The smallest absolute Gasteiger partial charge is 0.225 e. The van der Waals surface area contributed by atoms with E-state index < -0.39 is 0 Å². The van der Waals surface area contributed by atoms with Crippen LogP contribution in [0.25, 0.3) is 0 Å². The summed E-state index contributed by atoms with van der Waals surface area (Å²) in [4.78, 5) is 11.8. The van der Waals surface area contributed by atoms with Crippen LogP contribution in [-0.2, 0) is 4.79 Å². The molecular weight excluding hydrogens is 289 g/mol. The Morgan fingerprint density at radius 2 is 1.86 bits per heavy atom. The Morgan fingerprint density at radius 3 is 2.36 bits per heavy atom. The van der Waals surface area contributed by atoms with E-state index in [2.05, 4.69) is 27.9 Å². The Kier molecular flexibility index (Phi) is 4.22. The van der Waals surface area contributed by atoms with Gasteiger partial charge in [-0.15, -0.1) is 0 Å². The highest BCUT2D eigenvalue weighted by atomic mass is 127. The molecule has 2 unspecified atom stereocenters. The number of hydrogen-bond donors (Lipinski definition) is 1. The summed E-state index contributed by atoms with van der Waals surface area (Å²) in [5.41, 5.74) is -0.256. The average molecular weight is 309 g/mol. The summed E-state index contributed by atoms with van der Waals surface area (Å²) in [6.07, 6.45) is 4.97. The highest BCUT2D eigenvalue weighted by Gasteiger charge is 2.28. The molecule has 0 aromatic rings. The van der Waals surface area contributed by atoms with Gasteiger partial charge in [0.1, 0.15) is 0 Å². The van der Waals surface area contributed by atoms with Crippen molar-refractivity contribution >= 4 is 28.5 Å². The lowest BCUT2D eigenvalue weighted by atomic mass is 9.91. The van der Waals surface area contributed by atoms with Gasteiger partial charge < -0.3 is 5.32 Å². The minimum Gasteiger partial charge on any atom is -0.352 e. The van der Waals surface area contributed by atoms with Crippen LogP contribution in [0.15, 0.2) is 0 Å². The van der Waals surface area contributed by atoms with Crippen LogP contribution < -0.4 is 5.32 Å². The highest BCUT2D eigenvalue weighted by Crippen LogP contribution is 2.26. The van der Waals surface area contributed by atoms with Crippen LogP contribution in [0.3, 0.4) is 0 Å². The number of carbonyl (C=O) groups excluding carboxylic acids is 1. The fourth-order valence-corrected chi connectivity index (χ4v) is 2.61. The maximum absolute atomic E-state index is 11.8. The van der Waals surface area contributed by atoms with Gasteiger partial charge in [0.05, 0.1) is 0 Å². The van der Waals surface area contributed by atoms with Crippen molar-refractivity contribution in [3.8, 4) is 0 Å². The predicted molar refractivity (Wildman–Crippen MR) is 67.7 cm³/mol. The first kappa shape index (κ1) is 12.3. The number of rotatable bonds is 1. The van der Waals surface area contributed by atoms with Crippen molar-refractivity contribution in [1.29, 1.82) is 0 Å². The Hall–Kier alpha value is 0.200. The second-order valence-corrected chi connectivity index (χ2v) is 6.73. The zero-order chi connectivity index (χ0) is 10.8. The molecule has 1 N–H and O–H groups in total. The third-order valence-electron chi connectivity index (χ3n) is 2.68. The molecule has 0 bridgehead atoms. The molecule has 0 saturated heterocycles. The van der Waals surface area contributed by atoms with Crippen LogP contribution in [-0.4, -0.2) is 15.9 Å². The summed E-state index contributed by atoms with van der Waals surface area (Å²) in [5, 5.41) is 3.16. The standard InChI is InChI=1S/C11H20INO/c1-11(2,3)10(14)13-9-7-5-4-6-8(9)12/h8-9H,4-7H2,1-3H3,(H,13,14). The van der Waals surface area contributed by atoms with Gasteiger partial charge in [-0.25, -0.2) is 0 Å². The van der Waals surface area contributed by atoms with E-state index in [9.17, 15) is 4.79 Å². The van der Waals surface area contributed by atoms with Gasteiger partial charge >= 0.3 is 0 Å². The Labute approximate surface area is 100 Å². The maximum Gasteiger partial charge on any atom is 0.225 e. The first-order chi connectivity index (χ1) is 6.41. The fourth-order valence-electron chi connectivity index (χ4n) is 1.63. The van der Waals surface area contributed by atoms with Gasteiger partial charge in [-0.1, -0.05) is 56.2 Å². The molecule has 2 atom stereocenters. The minimum absolute atomic E-state index is 0.186. The van der Waals surface area contributed by atoms with Crippen molar-refractivity contribution < 1.29 is 4.79 Å². The van der Waals surface area contributed by atoms with Crippen LogP contribution in [0.2, 0.25) is 0 Å². The van der Waals surface area contributed by atoms with E-state index in [-0.39, 0.29) is 11.3 Å². The van der Waals surface area contributed by atoms with Crippen molar-refractivity contribution in [2.24, 2.45) is 5.41 Å². The van der Waals surface area contributed by atoms with Crippen LogP contribution in [0.1, 0.15) is 46.5 Å². The summed E-state index contributed by atoms with van der Waals surface area (Å²) in [6, 6.07) is 0.399. The molecule has 14 heavy (non-hydrogen) atoms. The zero-order valence-corrected chi connectivity index (χ0v) is 11.4. The molecule has 3 heteroatoms. The van der Waals surface area contributed by atoms with E-state index in [4.69, 9.17) is 0 Å². The highest BCUT2D eigenvalue weighted by molar-refractivity contribution is 14.1. The molecule has 0 aromatic heterocycles. The molecule has 1 aliphatic rings. The monoisotopic (exact) mass is 309 g/mol. The first-order valence-electron chi connectivity index (χ1n) is 5.36. The van der Waals surface area contributed by atoms with Gasteiger partial charge in [0.15, 0.2) is 0 Å².